The number of anilines is 2. The number of hydrogen-bond donors (Lipinski definition) is 1. The highest BCUT2D eigenvalue weighted by atomic mass is 35.5. The smallest absolute Gasteiger partial charge is 0.278 e. The van der Waals surface area contributed by atoms with Crippen LogP contribution >= 0.6 is 11.6 Å². The second-order valence-corrected chi connectivity index (χ2v) is 5.45. The van der Waals surface area contributed by atoms with Gasteiger partial charge in [-0.25, -0.2) is 9.97 Å². The van der Waals surface area contributed by atoms with Crippen molar-refractivity contribution in [2.45, 2.75) is 6.92 Å². The lowest BCUT2D eigenvalue weighted by molar-refractivity contribution is -0.119. The van der Waals surface area contributed by atoms with Gasteiger partial charge in [0.25, 0.3) is 5.91 Å². The summed E-state index contributed by atoms with van der Waals surface area (Å²) in [5.41, 5.74) is 1.34. The Hall–Kier alpha value is -2.47. The number of fused-ring (bicyclic) bond motifs is 1. The summed E-state index contributed by atoms with van der Waals surface area (Å²) in [6.45, 7) is 2.02. The third-order valence-corrected chi connectivity index (χ3v) is 3.75. The van der Waals surface area contributed by atoms with Crippen LogP contribution in [0.4, 0.5) is 11.4 Å². The Kier molecular flexibility index (Phi) is 3.77. The highest BCUT2D eigenvalue weighted by Crippen LogP contribution is 2.31. The summed E-state index contributed by atoms with van der Waals surface area (Å²) < 4.78 is 0. The fourth-order valence-electron chi connectivity index (χ4n) is 2.32. The predicted octanol–water partition coefficient (Wildman–Crippen LogP) is 2.36. The van der Waals surface area contributed by atoms with Gasteiger partial charge in [0.15, 0.2) is 5.69 Å². The van der Waals surface area contributed by atoms with Crippen molar-refractivity contribution in [3.05, 3.63) is 47.5 Å². The van der Waals surface area contributed by atoms with E-state index >= 15 is 0 Å². The Morgan fingerprint density at radius 1 is 1.41 bits per heavy atom. The van der Waals surface area contributed by atoms with E-state index in [-0.39, 0.29) is 35.0 Å². The fourth-order valence-corrected chi connectivity index (χ4v) is 2.50. The third-order valence-electron chi connectivity index (χ3n) is 3.47. The highest BCUT2D eigenvalue weighted by molar-refractivity contribution is 6.34. The van der Waals surface area contributed by atoms with Crippen molar-refractivity contribution in [2.75, 3.05) is 16.8 Å². The van der Waals surface area contributed by atoms with Crippen LogP contribution in [0.25, 0.3) is 0 Å². The number of carbonyl (C=O) groups excluding carboxylic acids is 2. The maximum atomic E-state index is 12.8. The molecule has 0 spiro atoms. The first-order valence-electron chi connectivity index (χ1n) is 6.75. The van der Waals surface area contributed by atoms with Crippen molar-refractivity contribution >= 4 is 34.8 Å². The number of rotatable bonds is 1. The molecule has 2 aromatic rings. The van der Waals surface area contributed by atoms with Crippen LogP contribution in [0, 0.1) is 5.92 Å². The monoisotopic (exact) mass is 316 g/mol. The first-order chi connectivity index (χ1) is 10.6. The zero-order valence-electron chi connectivity index (χ0n) is 11.8. The number of nitrogens with zero attached hydrogens (tertiary/aromatic N) is 3. The van der Waals surface area contributed by atoms with Gasteiger partial charge in [0, 0.05) is 12.7 Å². The number of hydrogen-bond acceptors (Lipinski definition) is 4. The molecule has 0 radical (unpaired) electrons. The molecule has 1 aliphatic rings. The summed E-state index contributed by atoms with van der Waals surface area (Å²) in [7, 11) is 0. The Labute approximate surface area is 132 Å². The molecular weight excluding hydrogens is 304 g/mol. The van der Waals surface area contributed by atoms with E-state index in [1.165, 1.54) is 17.4 Å². The van der Waals surface area contributed by atoms with Crippen molar-refractivity contribution in [3.8, 4) is 0 Å². The normalized spacial score (nSPS) is 17.5. The van der Waals surface area contributed by atoms with Crippen molar-refractivity contribution in [1.29, 1.82) is 0 Å². The Bertz CT molecular complexity index is 750. The minimum atomic E-state index is -0.358. The van der Waals surface area contributed by atoms with Gasteiger partial charge >= 0.3 is 0 Å². The molecule has 2 heterocycles. The van der Waals surface area contributed by atoms with E-state index in [1.54, 1.807) is 25.1 Å². The molecule has 0 fully saturated rings. The third kappa shape index (κ3) is 2.53. The minimum Gasteiger partial charge on any atom is -0.324 e. The number of para-hydroxylation sites is 2. The van der Waals surface area contributed by atoms with Gasteiger partial charge in [-0.3, -0.25) is 9.59 Å². The minimum absolute atomic E-state index is 0.119. The molecule has 22 heavy (non-hydrogen) atoms. The van der Waals surface area contributed by atoms with Crippen LogP contribution in [0.3, 0.4) is 0 Å². The van der Waals surface area contributed by atoms with E-state index < -0.39 is 0 Å². The molecule has 1 unspecified atom stereocenters. The molecule has 0 saturated carbocycles. The van der Waals surface area contributed by atoms with Crippen LogP contribution in [0.5, 0.6) is 0 Å². The average Bonchev–Trinajstić information content (AvgIpc) is 2.64. The zero-order valence-corrected chi connectivity index (χ0v) is 12.5. The average molecular weight is 317 g/mol. The Balaban J connectivity index is 2.07. The molecule has 1 aromatic heterocycles. The van der Waals surface area contributed by atoms with Gasteiger partial charge < -0.3 is 10.2 Å². The van der Waals surface area contributed by atoms with E-state index in [0.717, 1.165) is 0 Å². The number of benzene rings is 1. The summed E-state index contributed by atoms with van der Waals surface area (Å²) in [5, 5.41) is 3.01. The van der Waals surface area contributed by atoms with E-state index in [9.17, 15) is 9.59 Å². The predicted molar refractivity (Wildman–Crippen MR) is 83.0 cm³/mol. The lowest BCUT2D eigenvalue weighted by atomic mass is 10.1. The van der Waals surface area contributed by atoms with Crippen LogP contribution in [0.15, 0.2) is 36.8 Å². The summed E-state index contributed by atoms with van der Waals surface area (Å²) in [5.74, 6) is -0.836. The van der Waals surface area contributed by atoms with Gasteiger partial charge in [0.05, 0.1) is 22.3 Å². The molecule has 112 valence electrons. The SMILES string of the molecule is CC1CN(C(=O)c2ncncc2Cl)c2ccccc2NC1=O. The van der Waals surface area contributed by atoms with E-state index in [4.69, 9.17) is 11.6 Å². The standard InChI is InChI=1S/C15H13ClN4O2/c1-9-7-20(15(22)13-10(16)6-17-8-18-13)12-5-3-2-4-11(12)19-14(9)21/h2-6,8-9H,7H2,1H3,(H,19,21). The van der Waals surface area contributed by atoms with Crippen molar-refractivity contribution in [3.63, 3.8) is 0 Å². The summed E-state index contributed by atoms with van der Waals surface area (Å²) in [6, 6.07) is 7.14. The largest absolute Gasteiger partial charge is 0.324 e. The summed E-state index contributed by atoms with van der Waals surface area (Å²) in [6.07, 6.45) is 2.65. The lowest BCUT2D eigenvalue weighted by Crippen LogP contribution is -2.36. The van der Waals surface area contributed by atoms with Crippen LogP contribution in [0.2, 0.25) is 5.02 Å². The van der Waals surface area contributed by atoms with Crippen LogP contribution < -0.4 is 10.2 Å². The Morgan fingerprint density at radius 3 is 2.95 bits per heavy atom. The molecule has 1 atom stereocenters. The highest BCUT2D eigenvalue weighted by Gasteiger charge is 2.30. The van der Waals surface area contributed by atoms with E-state index in [2.05, 4.69) is 15.3 Å². The van der Waals surface area contributed by atoms with Gasteiger partial charge in [0.1, 0.15) is 6.33 Å². The molecule has 0 bridgehead atoms. The first kappa shape index (κ1) is 14.5. The number of halogens is 1. The zero-order chi connectivity index (χ0) is 15.7. The lowest BCUT2D eigenvalue weighted by Gasteiger charge is -2.23. The molecular formula is C15H13ClN4O2. The molecule has 1 N–H and O–H groups in total. The number of carbonyl (C=O) groups is 2. The molecule has 0 saturated heterocycles. The van der Waals surface area contributed by atoms with Gasteiger partial charge in [-0.1, -0.05) is 30.7 Å². The van der Waals surface area contributed by atoms with Crippen molar-refractivity contribution < 1.29 is 9.59 Å². The quantitative estimate of drug-likeness (QED) is 0.876. The first-order valence-corrected chi connectivity index (χ1v) is 7.13. The van der Waals surface area contributed by atoms with Gasteiger partial charge in [-0.15, -0.1) is 0 Å². The molecule has 0 aliphatic carbocycles. The van der Waals surface area contributed by atoms with Crippen LogP contribution in [-0.2, 0) is 4.79 Å². The molecule has 1 aromatic carbocycles. The van der Waals surface area contributed by atoms with Crippen molar-refractivity contribution in [1.82, 2.24) is 9.97 Å². The number of nitrogens with one attached hydrogen (secondary N) is 1. The topological polar surface area (TPSA) is 75.2 Å². The second kappa shape index (κ2) is 5.73. The Morgan fingerprint density at radius 2 is 2.18 bits per heavy atom. The number of amides is 2. The maximum Gasteiger partial charge on any atom is 0.278 e. The van der Waals surface area contributed by atoms with Gasteiger partial charge in [-0.05, 0) is 12.1 Å². The van der Waals surface area contributed by atoms with Crippen LogP contribution in [0.1, 0.15) is 17.4 Å². The maximum absolute atomic E-state index is 12.8. The molecule has 3 rings (SSSR count). The fraction of sp³-hybridized carbons (Fsp3) is 0.200. The molecule has 2 amide bonds. The van der Waals surface area contributed by atoms with Crippen molar-refractivity contribution in [2.24, 2.45) is 5.92 Å². The summed E-state index contributed by atoms with van der Waals surface area (Å²) in [4.78, 5) is 34.1. The molecule has 6 nitrogen and oxygen atoms in total. The molecule has 7 heteroatoms. The van der Waals surface area contributed by atoms with Crippen LogP contribution in [-0.4, -0.2) is 28.3 Å². The van der Waals surface area contributed by atoms with E-state index in [0.29, 0.717) is 11.4 Å². The summed E-state index contributed by atoms with van der Waals surface area (Å²) >= 11 is 6.02. The molecule has 1 aliphatic heterocycles. The van der Waals surface area contributed by atoms with E-state index in [1.807, 2.05) is 6.07 Å². The number of aromatic nitrogens is 2. The van der Waals surface area contributed by atoms with Gasteiger partial charge in [-0.2, -0.15) is 0 Å². The second-order valence-electron chi connectivity index (χ2n) is 5.04. The van der Waals surface area contributed by atoms with Gasteiger partial charge in [0.2, 0.25) is 5.91 Å².